The summed E-state index contributed by atoms with van der Waals surface area (Å²) in [6.45, 7) is 6.54. The van der Waals surface area contributed by atoms with Gasteiger partial charge >= 0.3 is 17.9 Å². The molecule has 0 rings (SSSR count). The minimum Gasteiger partial charge on any atom is -0.462 e. The Balaban J connectivity index is 4.35. The summed E-state index contributed by atoms with van der Waals surface area (Å²) >= 11 is 0. The van der Waals surface area contributed by atoms with Gasteiger partial charge in [0, 0.05) is 19.3 Å². The molecule has 412 valence electrons. The number of allylic oxidation sites excluding steroid dienone is 10. The quantitative estimate of drug-likeness (QED) is 0.0261. The molecule has 0 aliphatic heterocycles. The SMILES string of the molecule is CC/C=C\C/C=C\C/C=C\C/C=C\CCCCCCC(=O)OC[C@H](COC(=O)CCCCCCCCCCCCC/C=C\CCCCCCCC)OC(=O)CCCCCCCCCCCCCCCCC. The lowest BCUT2D eigenvalue weighted by Gasteiger charge is -2.18. The van der Waals surface area contributed by atoms with Crippen LogP contribution in [-0.2, 0) is 28.6 Å². The summed E-state index contributed by atoms with van der Waals surface area (Å²) in [7, 11) is 0. The minimum atomic E-state index is -0.783. The Morgan fingerprint density at radius 3 is 0.873 bits per heavy atom. The van der Waals surface area contributed by atoms with E-state index in [1.807, 2.05) is 0 Å². The summed E-state index contributed by atoms with van der Waals surface area (Å²) in [6, 6.07) is 0. The number of hydrogen-bond acceptors (Lipinski definition) is 6. The van der Waals surface area contributed by atoms with Crippen LogP contribution in [0.25, 0.3) is 0 Å². The molecule has 0 radical (unpaired) electrons. The summed E-state index contributed by atoms with van der Waals surface area (Å²) < 4.78 is 16.9. The molecule has 6 nitrogen and oxygen atoms in total. The Kier molecular flexibility index (Phi) is 57.2. The van der Waals surface area contributed by atoms with Gasteiger partial charge in [0.2, 0.25) is 0 Å². The summed E-state index contributed by atoms with van der Waals surface area (Å²) in [6.07, 6.45) is 75.0. The second-order valence-corrected chi connectivity index (χ2v) is 20.6. The molecule has 0 fully saturated rings. The molecule has 0 saturated heterocycles. The molecule has 0 spiro atoms. The van der Waals surface area contributed by atoms with Crippen molar-refractivity contribution in [3.8, 4) is 0 Å². The van der Waals surface area contributed by atoms with Gasteiger partial charge in [-0.05, 0) is 83.5 Å². The number of esters is 3. The smallest absolute Gasteiger partial charge is 0.306 e. The maximum absolute atomic E-state index is 12.9. The lowest BCUT2D eigenvalue weighted by atomic mass is 10.0. The van der Waals surface area contributed by atoms with Crippen LogP contribution >= 0.6 is 0 Å². The molecule has 1 atom stereocenters. The molecule has 0 aliphatic rings. The standard InChI is InChI=1S/C65H116O6/c1-4-7-10-13-16-19-22-25-28-30-31-32-33-35-38-40-43-46-49-52-55-58-64(67)70-61-62(71-65(68)59-56-53-50-47-44-41-36-27-24-21-18-15-12-9-6-3)60-69-63(66)57-54-51-48-45-42-39-37-34-29-26-23-20-17-14-11-8-5-2/h8,11,17,20,25-26,28-29,37,39,62H,4-7,9-10,12-16,18-19,21-24,27,30-36,38,40-61H2,1-3H3/b11-8-,20-17-,28-25-,29-26-,39-37-/t62-/m1/s1. The minimum absolute atomic E-state index is 0.0794. The van der Waals surface area contributed by atoms with Crippen LogP contribution in [0, 0.1) is 0 Å². The van der Waals surface area contributed by atoms with E-state index in [0.29, 0.717) is 19.3 Å². The van der Waals surface area contributed by atoms with Crippen molar-refractivity contribution in [3.63, 3.8) is 0 Å². The highest BCUT2D eigenvalue weighted by Crippen LogP contribution is 2.17. The van der Waals surface area contributed by atoms with Crippen LogP contribution in [0.3, 0.4) is 0 Å². The van der Waals surface area contributed by atoms with Crippen molar-refractivity contribution < 1.29 is 28.6 Å². The fourth-order valence-corrected chi connectivity index (χ4v) is 8.90. The first-order chi connectivity index (χ1) is 35.0. The first-order valence-corrected chi connectivity index (χ1v) is 30.8. The fraction of sp³-hybridized carbons (Fsp3) is 0.800. The summed E-state index contributed by atoms with van der Waals surface area (Å²) in [5, 5.41) is 0. The van der Waals surface area contributed by atoms with Gasteiger partial charge < -0.3 is 14.2 Å². The molecule has 0 heterocycles. The molecule has 0 unspecified atom stereocenters. The van der Waals surface area contributed by atoms with Crippen molar-refractivity contribution in [2.75, 3.05) is 13.2 Å². The van der Waals surface area contributed by atoms with Crippen LogP contribution < -0.4 is 0 Å². The Morgan fingerprint density at radius 1 is 0.296 bits per heavy atom. The molecular formula is C65H116O6. The van der Waals surface area contributed by atoms with Gasteiger partial charge in [0.15, 0.2) is 6.10 Å². The Morgan fingerprint density at radius 2 is 0.549 bits per heavy atom. The molecule has 0 aromatic rings. The third-order valence-electron chi connectivity index (χ3n) is 13.5. The van der Waals surface area contributed by atoms with Crippen LogP contribution in [0.4, 0.5) is 0 Å². The summed E-state index contributed by atoms with van der Waals surface area (Å²) in [5.74, 6) is -0.888. The van der Waals surface area contributed by atoms with Gasteiger partial charge in [-0.25, -0.2) is 0 Å². The first-order valence-electron chi connectivity index (χ1n) is 30.8. The van der Waals surface area contributed by atoms with Crippen LogP contribution in [0.15, 0.2) is 60.8 Å². The molecule has 0 aliphatic carbocycles. The van der Waals surface area contributed by atoms with Gasteiger partial charge in [-0.2, -0.15) is 0 Å². The third kappa shape index (κ3) is 57.9. The topological polar surface area (TPSA) is 78.9 Å². The van der Waals surface area contributed by atoms with Crippen molar-refractivity contribution in [3.05, 3.63) is 60.8 Å². The lowest BCUT2D eigenvalue weighted by molar-refractivity contribution is -0.167. The second kappa shape index (κ2) is 59.7. The van der Waals surface area contributed by atoms with E-state index in [1.165, 1.54) is 180 Å². The number of hydrogen-bond donors (Lipinski definition) is 0. The fourth-order valence-electron chi connectivity index (χ4n) is 8.90. The maximum atomic E-state index is 12.9. The van der Waals surface area contributed by atoms with Gasteiger partial charge in [-0.1, -0.05) is 274 Å². The van der Waals surface area contributed by atoms with Crippen molar-refractivity contribution in [2.24, 2.45) is 0 Å². The van der Waals surface area contributed by atoms with E-state index in [2.05, 4.69) is 81.5 Å². The summed E-state index contributed by atoms with van der Waals surface area (Å²) in [4.78, 5) is 38.3. The maximum Gasteiger partial charge on any atom is 0.306 e. The number of ether oxygens (including phenoxy) is 3. The summed E-state index contributed by atoms with van der Waals surface area (Å²) in [5.41, 5.74) is 0. The zero-order valence-corrected chi connectivity index (χ0v) is 47.2. The Labute approximate surface area is 440 Å². The predicted molar refractivity (Wildman–Crippen MR) is 307 cm³/mol. The van der Waals surface area contributed by atoms with Crippen LogP contribution in [0.1, 0.15) is 316 Å². The average Bonchev–Trinajstić information content (AvgIpc) is 3.37. The number of carbonyl (C=O) groups is 3. The highest BCUT2D eigenvalue weighted by atomic mass is 16.6. The van der Waals surface area contributed by atoms with Gasteiger partial charge in [-0.15, -0.1) is 0 Å². The van der Waals surface area contributed by atoms with E-state index >= 15 is 0 Å². The average molecular weight is 994 g/mol. The predicted octanol–water partition coefficient (Wildman–Crippen LogP) is 20.8. The highest BCUT2D eigenvalue weighted by molar-refractivity contribution is 5.71. The molecule has 6 heteroatoms. The monoisotopic (exact) mass is 993 g/mol. The molecule has 71 heavy (non-hydrogen) atoms. The molecule has 0 aromatic heterocycles. The molecular weight excluding hydrogens is 877 g/mol. The molecule has 0 amide bonds. The van der Waals surface area contributed by atoms with Gasteiger partial charge in [0.25, 0.3) is 0 Å². The van der Waals surface area contributed by atoms with Crippen LogP contribution in [0.2, 0.25) is 0 Å². The van der Waals surface area contributed by atoms with E-state index < -0.39 is 6.10 Å². The number of rotatable bonds is 56. The van der Waals surface area contributed by atoms with Crippen molar-refractivity contribution in [2.45, 2.75) is 322 Å². The van der Waals surface area contributed by atoms with Crippen molar-refractivity contribution >= 4 is 17.9 Å². The number of carbonyl (C=O) groups excluding carboxylic acids is 3. The van der Waals surface area contributed by atoms with Gasteiger partial charge in [0.05, 0.1) is 0 Å². The molecule has 0 saturated carbocycles. The van der Waals surface area contributed by atoms with Crippen molar-refractivity contribution in [1.82, 2.24) is 0 Å². The third-order valence-corrected chi connectivity index (χ3v) is 13.5. The number of unbranched alkanes of at least 4 members (excludes halogenated alkanes) is 35. The Hall–Kier alpha value is -2.89. The highest BCUT2D eigenvalue weighted by Gasteiger charge is 2.19. The van der Waals surface area contributed by atoms with E-state index in [4.69, 9.17) is 14.2 Å². The lowest BCUT2D eigenvalue weighted by Crippen LogP contribution is -2.30. The Bertz CT molecular complexity index is 1280. The molecule has 0 aromatic carbocycles. The molecule has 0 N–H and O–H groups in total. The van der Waals surface area contributed by atoms with Gasteiger partial charge in [0.1, 0.15) is 13.2 Å². The zero-order chi connectivity index (χ0) is 51.4. The van der Waals surface area contributed by atoms with Crippen molar-refractivity contribution in [1.29, 1.82) is 0 Å². The van der Waals surface area contributed by atoms with E-state index in [-0.39, 0.29) is 31.1 Å². The van der Waals surface area contributed by atoms with Crippen LogP contribution in [0.5, 0.6) is 0 Å². The molecule has 0 bridgehead atoms. The normalized spacial score (nSPS) is 12.4. The van der Waals surface area contributed by atoms with Crippen LogP contribution in [-0.4, -0.2) is 37.2 Å². The zero-order valence-electron chi connectivity index (χ0n) is 47.2. The largest absolute Gasteiger partial charge is 0.462 e. The first kappa shape index (κ1) is 68.1. The van der Waals surface area contributed by atoms with E-state index in [0.717, 1.165) is 96.3 Å². The van der Waals surface area contributed by atoms with E-state index in [1.54, 1.807) is 0 Å². The van der Waals surface area contributed by atoms with Gasteiger partial charge in [-0.3, -0.25) is 14.4 Å². The van der Waals surface area contributed by atoms with E-state index in [9.17, 15) is 14.4 Å². The second-order valence-electron chi connectivity index (χ2n) is 20.6.